The standard InChI is InChI=1S/C24H24N4/c1-14-8-18(9-15(2)27-14)24-16(3)21-5-4-17(11-23(21)28-24)19-10-20-12-25-7-6-22(20)26-13-19/h4-5,8-11,13,25,28H,6-7,12H2,1-3H3. The molecule has 4 heteroatoms. The topological polar surface area (TPSA) is 53.6 Å². The Hall–Kier alpha value is -2.98. The van der Waals surface area contributed by atoms with Crippen LogP contribution in [0, 0.1) is 20.8 Å². The van der Waals surface area contributed by atoms with Crippen molar-refractivity contribution in [3.05, 3.63) is 70.8 Å². The Balaban J connectivity index is 1.60. The first-order chi connectivity index (χ1) is 13.6. The molecule has 1 aromatic carbocycles. The number of pyridine rings is 2. The quantitative estimate of drug-likeness (QED) is 0.531. The largest absolute Gasteiger partial charge is 0.354 e. The predicted octanol–water partition coefficient (Wildman–Crippen LogP) is 4.86. The number of nitrogens with one attached hydrogen (secondary N) is 2. The molecule has 0 spiro atoms. The van der Waals surface area contributed by atoms with Crippen molar-refractivity contribution in [1.29, 1.82) is 0 Å². The normalized spacial score (nSPS) is 13.7. The summed E-state index contributed by atoms with van der Waals surface area (Å²) in [6.45, 7) is 8.20. The third kappa shape index (κ3) is 2.90. The van der Waals surface area contributed by atoms with E-state index in [0.717, 1.165) is 36.4 Å². The summed E-state index contributed by atoms with van der Waals surface area (Å²) in [6.07, 6.45) is 3.02. The van der Waals surface area contributed by atoms with Gasteiger partial charge in [-0.3, -0.25) is 9.97 Å². The predicted molar refractivity (Wildman–Crippen MR) is 114 cm³/mol. The highest BCUT2D eigenvalue weighted by molar-refractivity contribution is 5.93. The molecule has 0 saturated carbocycles. The molecule has 0 radical (unpaired) electrons. The zero-order valence-corrected chi connectivity index (χ0v) is 16.6. The number of aryl methyl sites for hydroxylation is 3. The number of hydrogen-bond acceptors (Lipinski definition) is 3. The molecule has 0 aliphatic carbocycles. The molecule has 3 aromatic heterocycles. The van der Waals surface area contributed by atoms with Crippen LogP contribution in [0.25, 0.3) is 33.3 Å². The highest BCUT2D eigenvalue weighted by Gasteiger charge is 2.14. The van der Waals surface area contributed by atoms with E-state index in [2.05, 4.69) is 58.6 Å². The first kappa shape index (κ1) is 17.1. The van der Waals surface area contributed by atoms with Crippen LogP contribution in [-0.4, -0.2) is 21.5 Å². The summed E-state index contributed by atoms with van der Waals surface area (Å²) in [5.74, 6) is 0. The number of rotatable bonds is 2. The van der Waals surface area contributed by atoms with Gasteiger partial charge in [0.25, 0.3) is 0 Å². The second-order valence-corrected chi connectivity index (χ2v) is 7.78. The lowest BCUT2D eigenvalue weighted by atomic mass is 10.00. The highest BCUT2D eigenvalue weighted by Crippen LogP contribution is 2.33. The molecule has 0 bridgehead atoms. The van der Waals surface area contributed by atoms with Gasteiger partial charge in [0.15, 0.2) is 0 Å². The SMILES string of the molecule is Cc1cc(-c2[nH]c3cc(-c4cnc5c(c4)CNCC5)ccc3c2C)cc(C)n1. The van der Waals surface area contributed by atoms with Gasteiger partial charge in [0.2, 0.25) is 0 Å². The van der Waals surface area contributed by atoms with E-state index in [-0.39, 0.29) is 0 Å². The number of aromatic nitrogens is 3. The third-order valence-corrected chi connectivity index (χ3v) is 5.68. The van der Waals surface area contributed by atoms with Crippen LogP contribution in [0.3, 0.4) is 0 Å². The molecule has 4 aromatic rings. The van der Waals surface area contributed by atoms with Gasteiger partial charge in [-0.05, 0) is 61.7 Å². The molecule has 0 amide bonds. The molecule has 2 N–H and O–H groups in total. The highest BCUT2D eigenvalue weighted by atomic mass is 14.9. The molecule has 28 heavy (non-hydrogen) atoms. The molecule has 0 atom stereocenters. The van der Waals surface area contributed by atoms with Crippen LogP contribution in [-0.2, 0) is 13.0 Å². The van der Waals surface area contributed by atoms with Gasteiger partial charge in [0, 0.05) is 70.5 Å². The number of hydrogen-bond donors (Lipinski definition) is 2. The fraction of sp³-hybridized carbons (Fsp3) is 0.250. The minimum absolute atomic E-state index is 0.908. The van der Waals surface area contributed by atoms with Gasteiger partial charge in [0.05, 0.1) is 0 Å². The van der Waals surface area contributed by atoms with Crippen LogP contribution in [0.5, 0.6) is 0 Å². The Morgan fingerprint density at radius 1 is 0.893 bits per heavy atom. The number of H-pyrrole nitrogens is 1. The molecule has 5 rings (SSSR count). The van der Waals surface area contributed by atoms with Crippen molar-refractivity contribution in [2.45, 2.75) is 33.7 Å². The van der Waals surface area contributed by atoms with Crippen molar-refractivity contribution >= 4 is 10.9 Å². The summed E-state index contributed by atoms with van der Waals surface area (Å²) in [4.78, 5) is 12.9. The molecule has 1 aliphatic rings. The van der Waals surface area contributed by atoms with E-state index in [9.17, 15) is 0 Å². The van der Waals surface area contributed by atoms with Crippen LogP contribution in [0.2, 0.25) is 0 Å². The minimum atomic E-state index is 0.908. The van der Waals surface area contributed by atoms with Gasteiger partial charge in [-0.15, -0.1) is 0 Å². The summed E-state index contributed by atoms with van der Waals surface area (Å²) < 4.78 is 0. The molecule has 0 unspecified atom stereocenters. The Kier molecular flexibility index (Phi) is 4.02. The van der Waals surface area contributed by atoms with Gasteiger partial charge < -0.3 is 10.3 Å². The van der Waals surface area contributed by atoms with Gasteiger partial charge in [-0.2, -0.15) is 0 Å². The maximum absolute atomic E-state index is 4.71. The smallest absolute Gasteiger partial charge is 0.0495 e. The van der Waals surface area contributed by atoms with Gasteiger partial charge >= 0.3 is 0 Å². The average molecular weight is 368 g/mol. The fourth-order valence-electron chi connectivity index (χ4n) is 4.29. The zero-order chi connectivity index (χ0) is 19.3. The van der Waals surface area contributed by atoms with Crippen LogP contribution >= 0.6 is 0 Å². The van der Waals surface area contributed by atoms with Crippen LogP contribution in [0.4, 0.5) is 0 Å². The first-order valence-electron chi connectivity index (χ1n) is 9.85. The molecular weight excluding hydrogens is 344 g/mol. The summed E-state index contributed by atoms with van der Waals surface area (Å²) >= 11 is 0. The molecule has 4 nitrogen and oxygen atoms in total. The number of fused-ring (bicyclic) bond motifs is 2. The van der Waals surface area contributed by atoms with Gasteiger partial charge in [-0.25, -0.2) is 0 Å². The van der Waals surface area contributed by atoms with Crippen LogP contribution in [0.1, 0.15) is 28.2 Å². The van der Waals surface area contributed by atoms with Crippen molar-refractivity contribution in [3.8, 4) is 22.4 Å². The summed E-state index contributed by atoms with van der Waals surface area (Å²) in [6, 6.07) is 13.2. The van der Waals surface area contributed by atoms with Crippen molar-refractivity contribution in [1.82, 2.24) is 20.3 Å². The van der Waals surface area contributed by atoms with E-state index < -0.39 is 0 Å². The van der Waals surface area contributed by atoms with E-state index in [1.54, 1.807) is 0 Å². The van der Waals surface area contributed by atoms with Crippen molar-refractivity contribution in [2.24, 2.45) is 0 Å². The minimum Gasteiger partial charge on any atom is -0.354 e. The summed E-state index contributed by atoms with van der Waals surface area (Å²) in [5, 5.41) is 4.70. The molecule has 1 aliphatic heterocycles. The Labute approximate surface area is 165 Å². The third-order valence-electron chi connectivity index (χ3n) is 5.68. The van der Waals surface area contributed by atoms with E-state index in [1.165, 1.54) is 44.6 Å². The number of benzene rings is 1. The lowest BCUT2D eigenvalue weighted by Crippen LogP contribution is -2.24. The van der Waals surface area contributed by atoms with Crippen molar-refractivity contribution in [3.63, 3.8) is 0 Å². The van der Waals surface area contributed by atoms with Gasteiger partial charge in [0.1, 0.15) is 0 Å². The van der Waals surface area contributed by atoms with Crippen LogP contribution in [0.15, 0.2) is 42.6 Å². The second-order valence-electron chi connectivity index (χ2n) is 7.78. The maximum Gasteiger partial charge on any atom is 0.0495 e. The van der Waals surface area contributed by atoms with Crippen molar-refractivity contribution in [2.75, 3.05) is 6.54 Å². The monoisotopic (exact) mass is 368 g/mol. The number of nitrogens with zero attached hydrogens (tertiary/aromatic N) is 2. The maximum atomic E-state index is 4.71. The van der Waals surface area contributed by atoms with E-state index >= 15 is 0 Å². The summed E-state index contributed by atoms with van der Waals surface area (Å²) in [5.41, 5.74) is 11.8. The van der Waals surface area contributed by atoms with Crippen LogP contribution < -0.4 is 5.32 Å². The lowest BCUT2D eigenvalue weighted by molar-refractivity contribution is 0.630. The Morgan fingerprint density at radius 2 is 1.71 bits per heavy atom. The molecule has 0 saturated heterocycles. The molecule has 4 heterocycles. The average Bonchev–Trinajstić information content (AvgIpc) is 3.03. The first-order valence-corrected chi connectivity index (χ1v) is 9.85. The Morgan fingerprint density at radius 3 is 2.54 bits per heavy atom. The van der Waals surface area contributed by atoms with Gasteiger partial charge in [-0.1, -0.05) is 12.1 Å². The fourth-order valence-corrected chi connectivity index (χ4v) is 4.29. The molecular formula is C24H24N4. The van der Waals surface area contributed by atoms with E-state index in [1.807, 2.05) is 20.0 Å². The van der Waals surface area contributed by atoms with E-state index in [0.29, 0.717) is 0 Å². The lowest BCUT2D eigenvalue weighted by Gasteiger charge is -2.16. The summed E-state index contributed by atoms with van der Waals surface area (Å²) in [7, 11) is 0. The number of aromatic amines is 1. The zero-order valence-electron chi connectivity index (χ0n) is 16.6. The second kappa shape index (κ2) is 6.57. The van der Waals surface area contributed by atoms with Crippen molar-refractivity contribution < 1.29 is 0 Å². The Bertz CT molecular complexity index is 1180. The molecule has 140 valence electrons. The van der Waals surface area contributed by atoms with E-state index in [4.69, 9.17) is 4.98 Å². The molecule has 0 fully saturated rings.